The van der Waals surface area contributed by atoms with Crippen LogP contribution in [0, 0.1) is 6.92 Å². The Morgan fingerprint density at radius 3 is 2.36 bits per heavy atom. The van der Waals surface area contributed by atoms with Gasteiger partial charge in [0.1, 0.15) is 11.4 Å². The van der Waals surface area contributed by atoms with Gasteiger partial charge in [0.2, 0.25) is 0 Å². The molecule has 1 saturated heterocycles. The number of thioether (sulfide) groups is 1. The Morgan fingerprint density at radius 2 is 1.75 bits per heavy atom. The molecule has 0 saturated carbocycles. The zero-order valence-electron chi connectivity index (χ0n) is 21.7. The fraction of sp³-hybridized carbons (Fsp3) is 0.519. The van der Waals surface area contributed by atoms with Gasteiger partial charge >= 0.3 is 6.09 Å². The third kappa shape index (κ3) is 8.42. The van der Waals surface area contributed by atoms with Gasteiger partial charge in [-0.2, -0.15) is 20.2 Å². The van der Waals surface area contributed by atoms with E-state index in [0.717, 1.165) is 23.5 Å². The van der Waals surface area contributed by atoms with Crippen molar-refractivity contribution in [1.82, 2.24) is 4.90 Å². The van der Waals surface area contributed by atoms with Crippen molar-refractivity contribution in [1.29, 1.82) is 0 Å². The molecule has 1 heterocycles. The molecule has 2 aromatic rings. The second kappa shape index (κ2) is 12.3. The first-order chi connectivity index (χ1) is 17.0. The van der Waals surface area contributed by atoms with Crippen LogP contribution in [0.4, 0.5) is 4.79 Å². The number of carbonyl (C=O) groups excluding carboxylic acids is 1. The average Bonchev–Trinajstić information content (AvgIpc) is 3.23. The molecule has 1 aliphatic heterocycles. The maximum Gasteiger partial charge on any atom is 0.410 e. The molecule has 0 radical (unpaired) electrons. The zero-order chi connectivity index (χ0) is 26.3. The van der Waals surface area contributed by atoms with Crippen LogP contribution in [0.15, 0.2) is 53.4 Å². The summed E-state index contributed by atoms with van der Waals surface area (Å²) in [4.78, 5) is 14.9. The van der Waals surface area contributed by atoms with Crippen molar-refractivity contribution in [3.63, 3.8) is 0 Å². The molecule has 0 aliphatic carbocycles. The quantitative estimate of drug-likeness (QED) is 0.281. The lowest BCUT2D eigenvalue weighted by Crippen LogP contribution is -2.40. The normalized spacial score (nSPS) is 18.3. The van der Waals surface area contributed by atoms with Gasteiger partial charge in [0.15, 0.2) is 0 Å². The molecule has 0 N–H and O–H groups in total. The highest BCUT2D eigenvalue weighted by atomic mass is 32.2. The summed E-state index contributed by atoms with van der Waals surface area (Å²) in [7, 11) is -2.15. The molecule has 0 aromatic heterocycles. The lowest BCUT2D eigenvalue weighted by atomic mass is 10.1. The molecule has 1 aliphatic rings. The van der Waals surface area contributed by atoms with Gasteiger partial charge in [0.25, 0.3) is 10.1 Å². The van der Waals surface area contributed by atoms with Gasteiger partial charge in [0.05, 0.1) is 18.6 Å². The van der Waals surface area contributed by atoms with E-state index < -0.39 is 15.7 Å². The number of hydrogen-bond donors (Lipinski definition) is 0. The van der Waals surface area contributed by atoms with Crippen molar-refractivity contribution in [3.8, 4) is 5.75 Å². The molecule has 2 atom stereocenters. The van der Waals surface area contributed by atoms with E-state index in [0.29, 0.717) is 19.4 Å². The SMILES string of the molecule is COc1ccc(CSC2CC(CCCOS(=O)(=O)c3ccc(C)cc3)N(C(=O)OC(C)(C)C)C2)cc1. The number of rotatable bonds is 10. The highest BCUT2D eigenvalue weighted by Gasteiger charge is 2.37. The minimum atomic E-state index is -3.80. The first kappa shape index (κ1) is 28.3. The predicted octanol–water partition coefficient (Wildman–Crippen LogP) is 5.80. The second-order valence-electron chi connectivity index (χ2n) is 10.0. The number of likely N-dealkylation sites (tertiary alicyclic amines) is 1. The number of hydrogen-bond acceptors (Lipinski definition) is 7. The maximum atomic E-state index is 12.9. The van der Waals surface area contributed by atoms with Crippen molar-refractivity contribution in [2.45, 2.75) is 74.5 Å². The van der Waals surface area contributed by atoms with Gasteiger partial charge < -0.3 is 14.4 Å². The Bertz CT molecular complexity index is 1090. The standard InChI is InChI=1S/C27H37NO6S2/c1-20-8-14-25(15-9-20)36(30,31)33-16-6-7-22-17-24(18-28(22)26(29)34-27(2,3)4)35-19-21-10-12-23(32-5)13-11-21/h8-15,22,24H,6-7,16-19H2,1-5H3. The number of benzene rings is 2. The summed E-state index contributed by atoms with van der Waals surface area (Å²) in [6, 6.07) is 14.6. The van der Waals surface area contributed by atoms with Crippen molar-refractivity contribution in [3.05, 3.63) is 59.7 Å². The van der Waals surface area contributed by atoms with Crippen LogP contribution < -0.4 is 4.74 Å². The van der Waals surface area contributed by atoms with Crippen LogP contribution in [0.1, 0.15) is 51.2 Å². The van der Waals surface area contributed by atoms with Crippen LogP contribution in [0.2, 0.25) is 0 Å². The Morgan fingerprint density at radius 1 is 1.08 bits per heavy atom. The number of ether oxygens (including phenoxy) is 2. The number of nitrogens with zero attached hydrogens (tertiary/aromatic N) is 1. The van der Waals surface area contributed by atoms with E-state index in [1.54, 1.807) is 36.3 Å². The summed E-state index contributed by atoms with van der Waals surface area (Å²) < 4.78 is 41.1. The summed E-state index contributed by atoms with van der Waals surface area (Å²) in [6.07, 6.45) is 1.66. The van der Waals surface area contributed by atoms with Gasteiger partial charge in [-0.05, 0) is 76.8 Å². The Labute approximate surface area is 219 Å². The summed E-state index contributed by atoms with van der Waals surface area (Å²) in [6.45, 7) is 8.14. The van der Waals surface area contributed by atoms with E-state index in [-0.39, 0.29) is 28.9 Å². The van der Waals surface area contributed by atoms with E-state index in [9.17, 15) is 13.2 Å². The molecular weight excluding hydrogens is 498 g/mol. The van der Waals surface area contributed by atoms with Gasteiger partial charge in [-0.25, -0.2) is 4.79 Å². The first-order valence-corrected chi connectivity index (χ1v) is 14.6. The minimum absolute atomic E-state index is 0.0288. The highest BCUT2D eigenvalue weighted by molar-refractivity contribution is 7.99. The maximum absolute atomic E-state index is 12.9. The molecule has 9 heteroatoms. The Kier molecular flexibility index (Phi) is 9.72. The molecule has 2 aromatic carbocycles. The van der Waals surface area contributed by atoms with Crippen molar-refractivity contribution in [2.75, 3.05) is 20.3 Å². The third-order valence-electron chi connectivity index (χ3n) is 5.88. The van der Waals surface area contributed by atoms with Gasteiger partial charge in [-0.1, -0.05) is 29.8 Å². The largest absolute Gasteiger partial charge is 0.497 e. The number of methoxy groups -OCH3 is 1. The number of aryl methyl sites for hydroxylation is 1. The molecule has 36 heavy (non-hydrogen) atoms. The van der Waals surface area contributed by atoms with Crippen LogP contribution in [0.25, 0.3) is 0 Å². The summed E-state index contributed by atoms with van der Waals surface area (Å²) in [5, 5.41) is 0.266. The van der Waals surface area contributed by atoms with Crippen molar-refractivity contribution < 1.29 is 26.9 Å². The molecule has 2 unspecified atom stereocenters. The van der Waals surface area contributed by atoms with E-state index in [1.165, 1.54) is 5.56 Å². The van der Waals surface area contributed by atoms with Gasteiger partial charge in [-0.15, -0.1) is 0 Å². The molecular formula is C27H37NO6S2. The topological polar surface area (TPSA) is 82.1 Å². The highest BCUT2D eigenvalue weighted by Crippen LogP contribution is 2.33. The summed E-state index contributed by atoms with van der Waals surface area (Å²) in [5.41, 5.74) is 1.60. The number of amides is 1. The lowest BCUT2D eigenvalue weighted by Gasteiger charge is -2.28. The van der Waals surface area contributed by atoms with E-state index in [1.807, 2.05) is 51.6 Å². The summed E-state index contributed by atoms with van der Waals surface area (Å²) >= 11 is 1.82. The summed E-state index contributed by atoms with van der Waals surface area (Å²) in [5.74, 6) is 1.66. The first-order valence-electron chi connectivity index (χ1n) is 12.2. The predicted molar refractivity (Wildman–Crippen MR) is 143 cm³/mol. The fourth-order valence-electron chi connectivity index (χ4n) is 4.01. The van der Waals surface area contributed by atoms with Crippen LogP contribution in [0.5, 0.6) is 5.75 Å². The molecule has 7 nitrogen and oxygen atoms in total. The molecule has 1 fully saturated rings. The van der Waals surface area contributed by atoms with Crippen molar-refractivity contribution >= 4 is 28.0 Å². The Hall–Kier alpha value is -2.23. The van der Waals surface area contributed by atoms with Crippen LogP contribution >= 0.6 is 11.8 Å². The van der Waals surface area contributed by atoms with Crippen LogP contribution in [-0.4, -0.2) is 56.6 Å². The lowest BCUT2D eigenvalue weighted by molar-refractivity contribution is 0.0216. The third-order valence-corrected chi connectivity index (χ3v) is 8.52. The monoisotopic (exact) mass is 535 g/mol. The van der Waals surface area contributed by atoms with Crippen molar-refractivity contribution in [2.24, 2.45) is 0 Å². The van der Waals surface area contributed by atoms with Crippen LogP contribution in [-0.2, 0) is 24.8 Å². The van der Waals surface area contributed by atoms with E-state index >= 15 is 0 Å². The second-order valence-corrected chi connectivity index (χ2v) is 12.9. The molecule has 0 bridgehead atoms. The zero-order valence-corrected chi connectivity index (χ0v) is 23.4. The van der Waals surface area contributed by atoms with Crippen LogP contribution in [0.3, 0.4) is 0 Å². The average molecular weight is 536 g/mol. The fourth-order valence-corrected chi connectivity index (χ4v) is 6.20. The van der Waals surface area contributed by atoms with E-state index in [4.69, 9.17) is 13.7 Å². The van der Waals surface area contributed by atoms with Gasteiger partial charge in [0, 0.05) is 23.6 Å². The molecule has 1 amide bonds. The Balaban J connectivity index is 1.56. The van der Waals surface area contributed by atoms with Gasteiger partial charge in [-0.3, -0.25) is 4.18 Å². The molecule has 3 rings (SSSR count). The molecule has 198 valence electrons. The molecule has 0 spiro atoms. The minimum Gasteiger partial charge on any atom is -0.497 e. The smallest absolute Gasteiger partial charge is 0.410 e. The number of carbonyl (C=O) groups is 1. The van der Waals surface area contributed by atoms with E-state index in [2.05, 4.69) is 12.1 Å².